The fourth-order valence-corrected chi connectivity index (χ4v) is 4.31. The second-order valence-corrected chi connectivity index (χ2v) is 6.66. The molecule has 1 unspecified atom stereocenters. The van der Waals surface area contributed by atoms with Gasteiger partial charge in [0.25, 0.3) is 0 Å². The molecule has 7 heteroatoms. The SMILES string of the molecule is COc1ccc2c(c1O)-c1c3c(cc4c1C(C2)N(C)CC4)OCO3.Cl.O. The van der Waals surface area contributed by atoms with E-state index in [-0.39, 0.29) is 30.4 Å². The van der Waals surface area contributed by atoms with Gasteiger partial charge in [0.2, 0.25) is 6.79 Å². The summed E-state index contributed by atoms with van der Waals surface area (Å²) in [5.74, 6) is 2.20. The average Bonchev–Trinajstić information content (AvgIpc) is 3.06. The summed E-state index contributed by atoms with van der Waals surface area (Å²) in [7, 11) is 3.74. The number of rotatable bonds is 1. The number of phenols is 1. The number of fused-ring (bicyclic) bond motifs is 4. The molecule has 0 bridgehead atoms. The van der Waals surface area contributed by atoms with Crippen molar-refractivity contribution in [1.82, 2.24) is 4.90 Å². The van der Waals surface area contributed by atoms with Crippen molar-refractivity contribution in [2.24, 2.45) is 0 Å². The van der Waals surface area contributed by atoms with E-state index in [4.69, 9.17) is 14.2 Å². The van der Waals surface area contributed by atoms with E-state index in [2.05, 4.69) is 18.0 Å². The molecule has 1 aliphatic carbocycles. The Morgan fingerprint density at radius 2 is 2.00 bits per heavy atom. The Morgan fingerprint density at radius 3 is 2.77 bits per heavy atom. The van der Waals surface area contributed by atoms with E-state index in [0.717, 1.165) is 47.6 Å². The summed E-state index contributed by atoms with van der Waals surface area (Å²) in [5.41, 5.74) is 5.50. The van der Waals surface area contributed by atoms with Gasteiger partial charge in [-0.1, -0.05) is 6.07 Å². The van der Waals surface area contributed by atoms with Gasteiger partial charge in [-0.2, -0.15) is 0 Å². The Kier molecular flexibility index (Phi) is 4.69. The molecule has 0 amide bonds. The average molecular weight is 380 g/mol. The van der Waals surface area contributed by atoms with Crippen LogP contribution in [0.4, 0.5) is 0 Å². The highest BCUT2D eigenvalue weighted by atomic mass is 35.5. The molecule has 3 aliphatic rings. The van der Waals surface area contributed by atoms with Gasteiger partial charge in [-0.05, 0) is 48.7 Å². The van der Waals surface area contributed by atoms with Crippen LogP contribution >= 0.6 is 12.4 Å². The molecule has 2 aliphatic heterocycles. The molecule has 2 heterocycles. The van der Waals surface area contributed by atoms with Crippen molar-refractivity contribution in [3.05, 3.63) is 34.9 Å². The molecule has 0 spiro atoms. The maximum Gasteiger partial charge on any atom is 0.231 e. The van der Waals surface area contributed by atoms with Gasteiger partial charge in [0, 0.05) is 23.7 Å². The summed E-state index contributed by atoms with van der Waals surface area (Å²) in [6.07, 6.45) is 1.86. The molecule has 0 fully saturated rings. The van der Waals surface area contributed by atoms with Crippen molar-refractivity contribution < 1.29 is 24.8 Å². The normalized spacial score (nSPS) is 18.9. The highest BCUT2D eigenvalue weighted by Crippen LogP contribution is 2.56. The molecule has 2 aromatic rings. The van der Waals surface area contributed by atoms with Crippen molar-refractivity contribution in [1.29, 1.82) is 0 Å². The Morgan fingerprint density at radius 1 is 1.19 bits per heavy atom. The third-order valence-corrected chi connectivity index (χ3v) is 5.50. The number of likely N-dealkylation sites (N-methyl/N-ethyl adjacent to an activating group) is 1. The third-order valence-electron chi connectivity index (χ3n) is 5.50. The van der Waals surface area contributed by atoms with Crippen LogP contribution in [0, 0.1) is 0 Å². The lowest BCUT2D eigenvalue weighted by Gasteiger charge is -2.40. The molecule has 2 aromatic carbocycles. The first-order valence-electron chi connectivity index (χ1n) is 8.24. The summed E-state index contributed by atoms with van der Waals surface area (Å²) >= 11 is 0. The van der Waals surface area contributed by atoms with Gasteiger partial charge in [0.15, 0.2) is 23.0 Å². The predicted molar refractivity (Wildman–Crippen MR) is 99.9 cm³/mol. The van der Waals surface area contributed by atoms with Gasteiger partial charge in [-0.3, -0.25) is 4.90 Å². The van der Waals surface area contributed by atoms with Gasteiger partial charge in [-0.15, -0.1) is 12.4 Å². The summed E-state index contributed by atoms with van der Waals surface area (Å²) in [5, 5.41) is 10.8. The number of ether oxygens (including phenoxy) is 3. The van der Waals surface area contributed by atoms with E-state index in [9.17, 15) is 5.11 Å². The van der Waals surface area contributed by atoms with Crippen LogP contribution in [0.3, 0.4) is 0 Å². The first-order chi connectivity index (χ1) is 11.7. The summed E-state index contributed by atoms with van der Waals surface area (Å²) < 4.78 is 16.8. The highest BCUT2D eigenvalue weighted by Gasteiger charge is 2.39. The molecule has 0 aromatic heterocycles. The van der Waals surface area contributed by atoms with E-state index in [0.29, 0.717) is 11.8 Å². The second-order valence-electron chi connectivity index (χ2n) is 6.66. The van der Waals surface area contributed by atoms with Gasteiger partial charge in [-0.25, -0.2) is 0 Å². The predicted octanol–water partition coefficient (Wildman–Crippen LogP) is 2.48. The third kappa shape index (κ3) is 2.33. The molecule has 1 atom stereocenters. The number of benzene rings is 2. The topological polar surface area (TPSA) is 82.7 Å². The van der Waals surface area contributed by atoms with Crippen LogP contribution in [0.1, 0.15) is 22.7 Å². The Balaban J connectivity index is 0.000000980. The zero-order valence-corrected chi connectivity index (χ0v) is 15.5. The Labute approximate surface area is 158 Å². The first kappa shape index (κ1) is 18.6. The van der Waals surface area contributed by atoms with Gasteiger partial charge in [0.05, 0.1) is 7.11 Å². The lowest BCUT2D eigenvalue weighted by atomic mass is 9.76. The maximum absolute atomic E-state index is 10.8. The maximum atomic E-state index is 10.8. The lowest BCUT2D eigenvalue weighted by molar-refractivity contribution is 0.174. The van der Waals surface area contributed by atoms with Crippen LogP contribution in [-0.2, 0) is 12.8 Å². The Hall–Kier alpha value is -2.15. The smallest absolute Gasteiger partial charge is 0.231 e. The lowest BCUT2D eigenvalue weighted by Crippen LogP contribution is -2.35. The van der Waals surface area contributed by atoms with Crippen molar-refractivity contribution >= 4 is 12.4 Å². The van der Waals surface area contributed by atoms with Crippen molar-refractivity contribution in [3.8, 4) is 34.1 Å². The minimum Gasteiger partial charge on any atom is -0.504 e. The summed E-state index contributed by atoms with van der Waals surface area (Å²) in [6.45, 7) is 1.25. The van der Waals surface area contributed by atoms with Crippen LogP contribution < -0.4 is 14.2 Å². The Bertz CT molecular complexity index is 870. The van der Waals surface area contributed by atoms with E-state index in [1.165, 1.54) is 11.1 Å². The minimum absolute atomic E-state index is 0. The molecule has 140 valence electrons. The quantitative estimate of drug-likeness (QED) is 0.823. The fraction of sp³-hybridized carbons (Fsp3) is 0.368. The molecule has 26 heavy (non-hydrogen) atoms. The number of halogens is 1. The first-order valence-corrected chi connectivity index (χ1v) is 8.24. The van der Waals surface area contributed by atoms with E-state index < -0.39 is 0 Å². The second kappa shape index (κ2) is 6.54. The molecule has 0 saturated carbocycles. The van der Waals surface area contributed by atoms with Crippen LogP contribution in [0.2, 0.25) is 0 Å². The zero-order valence-electron chi connectivity index (χ0n) is 14.7. The molecule has 0 radical (unpaired) electrons. The largest absolute Gasteiger partial charge is 0.504 e. The zero-order chi connectivity index (χ0) is 16.4. The van der Waals surface area contributed by atoms with E-state index in [1.807, 2.05) is 12.1 Å². The number of phenolic OH excluding ortho intramolecular Hbond substituents is 1. The fourth-order valence-electron chi connectivity index (χ4n) is 4.31. The van der Waals surface area contributed by atoms with Crippen LogP contribution in [0.5, 0.6) is 23.0 Å². The van der Waals surface area contributed by atoms with Crippen LogP contribution in [0.15, 0.2) is 18.2 Å². The number of hydrogen-bond acceptors (Lipinski definition) is 5. The number of methoxy groups -OCH3 is 1. The van der Waals surface area contributed by atoms with Crippen LogP contribution in [-0.4, -0.2) is 43.0 Å². The summed E-state index contributed by atoms with van der Waals surface area (Å²) in [6, 6.07) is 6.31. The highest BCUT2D eigenvalue weighted by molar-refractivity contribution is 5.88. The molecule has 3 N–H and O–H groups in total. The number of aromatic hydroxyl groups is 1. The van der Waals surface area contributed by atoms with Crippen molar-refractivity contribution in [3.63, 3.8) is 0 Å². The minimum atomic E-state index is 0. The van der Waals surface area contributed by atoms with E-state index in [1.54, 1.807) is 7.11 Å². The molecule has 0 saturated heterocycles. The molecule has 5 rings (SSSR count). The van der Waals surface area contributed by atoms with Gasteiger partial charge in [0.1, 0.15) is 0 Å². The molecular formula is C19H22ClNO5. The monoisotopic (exact) mass is 379 g/mol. The van der Waals surface area contributed by atoms with Gasteiger partial charge >= 0.3 is 0 Å². The van der Waals surface area contributed by atoms with Crippen molar-refractivity contribution in [2.75, 3.05) is 27.5 Å². The molecule has 6 nitrogen and oxygen atoms in total. The van der Waals surface area contributed by atoms with Gasteiger partial charge < -0.3 is 24.8 Å². The summed E-state index contributed by atoms with van der Waals surface area (Å²) in [4.78, 5) is 2.39. The van der Waals surface area contributed by atoms with Crippen molar-refractivity contribution in [2.45, 2.75) is 18.9 Å². The van der Waals surface area contributed by atoms with E-state index >= 15 is 0 Å². The molecular weight excluding hydrogens is 358 g/mol. The number of nitrogens with zero attached hydrogens (tertiary/aromatic N) is 1. The number of hydrogen-bond donors (Lipinski definition) is 1. The standard InChI is InChI=1S/C19H19NO4.ClH.H2O/c1-20-6-5-11-8-14-19(24-9-23-14)17-15(11)12(20)7-10-3-4-13(22-2)18(21)16(10)17;;/h3-4,8,12,21H,5-7,9H2,1-2H3;1H;1H2. The van der Waals surface area contributed by atoms with Crippen LogP contribution in [0.25, 0.3) is 11.1 Å².